The van der Waals surface area contributed by atoms with E-state index in [-0.39, 0.29) is 5.75 Å². The Kier molecular flexibility index (Phi) is 4.65. The SMILES string of the molecule is COC(=O)C(C)(C)[C@@H](N)c1cccc(OC(F)(F)F)c1. The molecular formula is C13H16F3NO3. The molecule has 1 aromatic rings. The van der Waals surface area contributed by atoms with Gasteiger partial charge in [0.15, 0.2) is 0 Å². The summed E-state index contributed by atoms with van der Waals surface area (Å²) in [7, 11) is 1.22. The molecule has 0 spiro atoms. The molecule has 0 radical (unpaired) electrons. The molecule has 1 rings (SSSR count). The van der Waals surface area contributed by atoms with Gasteiger partial charge in [-0.25, -0.2) is 0 Å². The van der Waals surface area contributed by atoms with E-state index in [1.165, 1.54) is 19.2 Å². The zero-order valence-corrected chi connectivity index (χ0v) is 11.3. The maximum absolute atomic E-state index is 12.2. The van der Waals surface area contributed by atoms with Gasteiger partial charge in [-0.05, 0) is 31.5 Å². The van der Waals surface area contributed by atoms with Crippen LogP contribution in [0.2, 0.25) is 0 Å². The second-order valence-corrected chi connectivity index (χ2v) is 4.81. The number of esters is 1. The molecule has 0 unspecified atom stereocenters. The number of ether oxygens (including phenoxy) is 2. The summed E-state index contributed by atoms with van der Waals surface area (Å²) in [6.07, 6.45) is -4.78. The molecule has 0 saturated heterocycles. The Morgan fingerprint density at radius 3 is 2.40 bits per heavy atom. The molecule has 0 aliphatic rings. The first-order valence-corrected chi connectivity index (χ1v) is 5.77. The maximum atomic E-state index is 12.2. The van der Waals surface area contributed by atoms with Gasteiger partial charge in [0.25, 0.3) is 0 Å². The van der Waals surface area contributed by atoms with Crippen molar-refractivity contribution in [3.05, 3.63) is 29.8 Å². The summed E-state index contributed by atoms with van der Waals surface area (Å²) in [5, 5.41) is 0. The third-order valence-electron chi connectivity index (χ3n) is 2.94. The number of hydrogen-bond donors (Lipinski definition) is 1. The number of methoxy groups -OCH3 is 1. The van der Waals surface area contributed by atoms with Crippen LogP contribution in [0.1, 0.15) is 25.5 Å². The van der Waals surface area contributed by atoms with Gasteiger partial charge in [-0.3, -0.25) is 4.79 Å². The molecule has 4 nitrogen and oxygen atoms in total. The molecule has 0 aliphatic heterocycles. The van der Waals surface area contributed by atoms with Crippen molar-refractivity contribution in [2.75, 3.05) is 7.11 Å². The fraction of sp³-hybridized carbons (Fsp3) is 0.462. The van der Waals surface area contributed by atoms with Crippen molar-refractivity contribution in [3.63, 3.8) is 0 Å². The Morgan fingerprint density at radius 1 is 1.30 bits per heavy atom. The number of carbonyl (C=O) groups excluding carboxylic acids is 1. The maximum Gasteiger partial charge on any atom is 0.573 e. The monoisotopic (exact) mass is 291 g/mol. The van der Waals surface area contributed by atoms with Crippen LogP contribution >= 0.6 is 0 Å². The van der Waals surface area contributed by atoms with Crippen LogP contribution in [0.5, 0.6) is 5.75 Å². The summed E-state index contributed by atoms with van der Waals surface area (Å²) in [6, 6.07) is 4.40. The van der Waals surface area contributed by atoms with E-state index in [0.717, 1.165) is 12.1 Å². The molecule has 0 amide bonds. The molecule has 1 aromatic carbocycles. The van der Waals surface area contributed by atoms with Gasteiger partial charge in [-0.2, -0.15) is 0 Å². The smallest absolute Gasteiger partial charge is 0.469 e. The molecule has 1 atom stereocenters. The number of hydrogen-bond acceptors (Lipinski definition) is 4. The van der Waals surface area contributed by atoms with Crippen LogP contribution in [0.15, 0.2) is 24.3 Å². The molecule has 0 aromatic heterocycles. The van der Waals surface area contributed by atoms with Crippen LogP contribution in [0.25, 0.3) is 0 Å². The normalized spacial score (nSPS) is 13.8. The van der Waals surface area contributed by atoms with E-state index in [9.17, 15) is 18.0 Å². The summed E-state index contributed by atoms with van der Waals surface area (Å²) in [5.74, 6) is -0.932. The van der Waals surface area contributed by atoms with Gasteiger partial charge in [0.1, 0.15) is 5.75 Å². The lowest BCUT2D eigenvalue weighted by Gasteiger charge is -2.29. The minimum atomic E-state index is -4.78. The number of halogens is 3. The van der Waals surface area contributed by atoms with Gasteiger partial charge in [0.2, 0.25) is 0 Å². The van der Waals surface area contributed by atoms with Gasteiger partial charge in [0, 0.05) is 6.04 Å². The molecule has 0 saturated carbocycles. The van der Waals surface area contributed by atoms with Gasteiger partial charge in [-0.1, -0.05) is 12.1 Å². The van der Waals surface area contributed by atoms with Crippen LogP contribution in [0.4, 0.5) is 13.2 Å². The Bertz CT molecular complexity index is 486. The van der Waals surface area contributed by atoms with Crippen molar-refractivity contribution >= 4 is 5.97 Å². The zero-order chi connectivity index (χ0) is 15.6. The summed E-state index contributed by atoms with van der Waals surface area (Å²) >= 11 is 0. The first-order valence-electron chi connectivity index (χ1n) is 5.77. The van der Waals surface area contributed by atoms with Crippen LogP contribution in [0.3, 0.4) is 0 Å². The highest BCUT2D eigenvalue weighted by molar-refractivity contribution is 5.77. The molecular weight excluding hydrogens is 275 g/mol. The van der Waals surface area contributed by atoms with Gasteiger partial charge < -0.3 is 15.2 Å². The molecule has 0 heterocycles. The minimum Gasteiger partial charge on any atom is -0.469 e. The number of rotatable bonds is 4. The van der Waals surface area contributed by atoms with E-state index in [2.05, 4.69) is 9.47 Å². The lowest BCUT2D eigenvalue weighted by Crippen LogP contribution is -2.37. The largest absolute Gasteiger partial charge is 0.573 e. The summed E-state index contributed by atoms with van der Waals surface area (Å²) in [4.78, 5) is 11.6. The lowest BCUT2D eigenvalue weighted by atomic mass is 9.81. The first-order chi connectivity index (χ1) is 9.08. The van der Waals surface area contributed by atoms with Crippen molar-refractivity contribution in [1.82, 2.24) is 0 Å². The number of alkyl halides is 3. The Hall–Kier alpha value is -1.76. The van der Waals surface area contributed by atoms with Gasteiger partial charge >= 0.3 is 12.3 Å². The van der Waals surface area contributed by atoms with Gasteiger partial charge in [-0.15, -0.1) is 13.2 Å². The highest BCUT2D eigenvalue weighted by Gasteiger charge is 2.37. The molecule has 0 bridgehead atoms. The average molecular weight is 291 g/mol. The fourth-order valence-electron chi connectivity index (χ4n) is 1.71. The molecule has 7 heteroatoms. The highest BCUT2D eigenvalue weighted by Crippen LogP contribution is 2.34. The number of benzene rings is 1. The average Bonchev–Trinajstić information content (AvgIpc) is 2.35. The Morgan fingerprint density at radius 2 is 1.90 bits per heavy atom. The van der Waals surface area contributed by atoms with Crippen molar-refractivity contribution in [2.45, 2.75) is 26.3 Å². The number of carbonyl (C=O) groups is 1. The van der Waals surface area contributed by atoms with E-state index in [1.54, 1.807) is 13.8 Å². The van der Waals surface area contributed by atoms with Crippen LogP contribution in [0, 0.1) is 5.41 Å². The Labute approximate surface area is 114 Å². The third-order valence-corrected chi connectivity index (χ3v) is 2.94. The fourth-order valence-corrected chi connectivity index (χ4v) is 1.71. The molecule has 2 N–H and O–H groups in total. The zero-order valence-electron chi connectivity index (χ0n) is 11.3. The number of nitrogens with two attached hydrogens (primary N) is 1. The van der Waals surface area contributed by atoms with Crippen molar-refractivity contribution in [3.8, 4) is 5.75 Å². The topological polar surface area (TPSA) is 61.5 Å². The standard InChI is InChI=1S/C13H16F3NO3/c1-12(2,11(18)19-3)10(17)8-5-4-6-9(7-8)20-13(14,15)16/h4-7,10H,17H2,1-3H3/t10-/m0/s1. The molecule has 0 fully saturated rings. The Balaban J connectivity index is 3.03. The third kappa shape index (κ3) is 3.86. The van der Waals surface area contributed by atoms with Crippen molar-refractivity contribution < 1.29 is 27.4 Å². The van der Waals surface area contributed by atoms with E-state index < -0.39 is 23.8 Å². The molecule has 112 valence electrons. The second-order valence-electron chi connectivity index (χ2n) is 4.81. The molecule has 20 heavy (non-hydrogen) atoms. The quantitative estimate of drug-likeness (QED) is 0.866. The predicted molar refractivity (Wildman–Crippen MR) is 65.9 cm³/mol. The van der Waals surface area contributed by atoms with Crippen molar-refractivity contribution in [2.24, 2.45) is 11.1 Å². The van der Waals surface area contributed by atoms with Gasteiger partial charge in [0.05, 0.1) is 12.5 Å². The molecule has 0 aliphatic carbocycles. The van der Waals surface area contributed by atoms with Crippen LogP contribution < -0.4 is 10.5 Å². The van der Waals surface area contributed by atoms with Crippen molar-refractivity contribution in [1.29, 1.82) is 0 Å². The van der Waals surface area contributed by atoms with E-state index in [1.807, 2.05) is 0 Å². The van der Waals surface area contributed by atoms with Crippen LogP contribution in [-0.2, 0) is 9.53 Å². The predicted octanol–water partition coefficient (Wildman–Crippen LogP) is 2.78. The summed E-state index contributed by atoms with van der Waals surface area (Å²) in [5.41, 5.74) is 5.22. The van der Waals surface area contributed by atoms with E-state index in [4.69, 9.17) is 5.73 Å². The second kappa shape index (κ2) is 5.70. The first kappa shape index (κ1) is 16.3. The van der Waals surface area contributed by atoms with Crippen LogP contribution in [-0.4, -0.2) is 19.4 Å². The minimum absolute atomic E-state index is 0.349. The lowest BCUT2D eigenvalue weighted by molar-refractivity contribution is -0.274. The summed E-state index contributed by atoms with van der Waals surface area (Å²) < 4.78 is 44.9. The van der Waals surface area contributed by atoms with E-state index in [0.29, 0.717) is 5.56 Å². The summed E-state index contributed by atoms with van der Waals surface area (Å²) in [6.45, 7) is 3.11. The highest BCUT2D eigenvalue weighted by atomic mass is 19.4. The van der Waals surface area contributed by atoms with E-state index >= 15 is 0 Å².